The van der Waals surface area contributed by atoms with Crippen molar-refractivity contribution in [1.82, 2.24) is 0 Å². The molecule has 0 saturated heterocycles. The Balaban J connectivity index is 1.64. The van der Waals surface area contributed by atoms with Crippen LogP contribution in [0.2, 0.25) is 0 Å². The molecule has 1 fully saturated rings. The molecule has 0 bridgehead atoms. The normalized spacial score (nSPS) is 26.1. The standard InChI is InChI=1S/C20H26O7/c21-10-20(25)26-6-2-4-14-15-7-12-3-1-5-18(27-11-19(23)24)16(12)8-13(15)9-17(14)22/h1,3,5,13-15,17,21-22H,2,4,6-11H2,(H,23,24)/t13-,14+,15-,17+/m0/s1. The minimum atomic E-state index is -1.00. The molecule has 1 aromatic rings. The van der Waals surface area contributed by atoms with Crippen LogP contribution in [-0.2, 0) is 27.2 Å². The van der Waals surface area contributed by atoms with Crippen molar-refractivity contribution in [3.63, 3.8) is 0 Å². The number of aliphatic hydroxyl groups excluding tert-OH is 2. The largest absolute Gasteiger partial charge is 0.482 e. The van der Waals surface area contributed by atoms with Gasteiger partial charge < -0.3 is 24.8 Å². The van der Waals surface area contributed by atoms with Crippen LogP contribution in [0.25, 0.3) is 0 Å². The number of esters is 1. The molecule has 0 unspecified atom stereocenters. The number of carbonyl (C=O) groups excluding carboxylic acids is 1. The number of benzene rings is 1. The first-order chi connectivity index (χ1) is 13.0. The molecule has 3 rings (SSSR count). The Bertz CT molecular complexity index is 687. The molecule has 0 radical (unpaired) electrons. The lowest BCUT2D eigenvalue weighted by atomic mass is 9.73. The summed E-state index contributed by atoms with van der Waals surface area (Å²) in [5.41, 5.74) is 2.22. The van der Waals surface area contributed by atoms with E-state index in [0.29, 0.717) is 24.0 Å². The molecule has 3 N–H and O–H groups in total. The summed E-state index contributed by atoms with van der Waals surface area (Å²) in [7, 11) is 0. The maximum atomic E-state index is 11.0. The predicted molar refractivity (Wildman–Crippen MR) is 95.4 cm³/mol. The highest BCUT2D eigenvalue weighted by Gasteiger charge is 2.44. The Morgan fingerprint density at radius 2 is 2.04 bits per heavy atom. The lowest BCUT2D eigenvalue weighted by Crippen LogP contribution is -2.27. The molecule has 7 heteroatoms. The van der Waals surface area contributed by atoms with Gasteiger partial charge in [-0.15, -0.1) is 0 Å². The Morgan fingerprint density at radius 3 is 2.78 bits per heavy atom. The molecular formula is C20H26O7. The van der Waals surface area contributed by atoms with Crippen LogP contribution in [0.1, 0.15) is 30.4 Å². The molecule has 1 aromatic carbocycles. The van der Waals surface area contributed by atoms with Crippen LogP contribution < -0.4 is 4.74 Å². The van der Waals surface area contributed by atoms with Gasteiger partial charge in [0.2, 0.25) is 0 Å². The van der Waals surface area contributed by atoms with Crippen LogP contribution in [0.4, 0.5) is 0 Å². The Labute approximate surface area is 157 Å². The zero-order chi connectivity index (χ0) is 19.4. The Kier molecular flexibility index (Phi) is 6.34. The fourth-order valence-corrected chi connectivity index (χ4v) is 4.63. The summed E-state index contributed by atoms with van der Waals surface area (Å²) < 4.78 is 10.4. The fraction of sp³-hybridized carbons (Fsp3) is 0.600. The lowest BCUT2D eigenvalue weighted by Gasteiger charge is -2.32. The van der Waals surface area contributed by atoms with Crippen molar-refractivity contribution in [2.45, 2.75) is 38.2 Å². The first kappa shape index (κ1) is 19.6. The fourth-order valence-electron chi connectivity index (χ4n) is 4.63. The number of carboxylic acids is 1. The van der Waals surface area contributed by atoms with E-state index in [1.54, 1.807) is 6.07 Å². The molecule has 1 saturated carbocycles. The molecular weight excluding hydrogens is 352 g/mol. The lowest BCUT2D eigenvalue weighted by molar-refractivity contribution is -0.147. The number of hydrogen-bond donors (Lipinski definition) is 3. The smallest absolute Gasteiger partial charge is 0.341 e. The maximum Gasteiger partial charge on any atom is 0.341 e. The van der Waals surface area contributed by atoms with E-state index in [1.807, 2.05) is 12.1 Å². The zero-order valence-corrected chi connectivity index (χ0v) is 15.2. The van der Waals surface area contributed by atoms with Gasteiger partial charge in [-0.3, -0.25) is 0 Å². The van der Waals surface area contributed by atoms with Crippen molar-refractivity contribution in [2.24, 2.45) is 17.8 Å². The van der Waals surface area contributed by atoms with E-state index < -0.39 is 18.5 Å². The van der Waals surface area contributed by atoms with Crippen molar-refractivity contribution in [3.05, 3.63) is 29.3 Å². The number of carbonyl (C=O) groups is 2. The minimum absolute atomic E-state index is 0.152. The number of aliphatic hydroxyl groups is 2. The first-order valence-electron chi connectivity index (χ1n) is 9.39. The second kappa shape index (κ2) is 8.71. The second-order valence-corrected chi connectivity index (χ2v) is 7.40. The van der Waals surface area contributed by atoms with Gasteiger partial charge in [-0.1, -0.05) is 12.1 Å². The van der Waals surface area contributed by atoms with Gasteiger partial charge in [0.25, 0.3) is 0 Å². The Morgan fingerprint density at radius 1 is 1.22 bits per heavy atom. The summed E-state index contributed by atoms with van der Waals surface area (Å²) in [4.78, 5) is 21.8. The highest BCUT2D eigenvalue weighted by molar-refractivity contribution is 5.70. The molecule has 4 atom stereocenters. The monoisotopic (exact) mass is 378 g/mol. The predicted octanol–water partition coefficient (Wildman–Crippen LogP) is 1.18. The van der Waals surface area contributed by atoms with Gasteiger partial charge in [0.15, 0.2) is 6.61 Å². The number of fused-ring (bicyclic) bond motifs is 2. The van der Waals surface area contributed by atoms with E-state index in [0.717, 1.165) is 36.8 Å². The number of aliphatic carboxylic acids is 1. The van der Waals surface area contributed by atoms with Crippen molar-refractivity contribution >= 4 is 11.9 Å². The molecule has 27 heavy (non-hydrogen) atoms. The third-order valence-corrected chi connectivity index (χ3v) is 5.77. The van der Waals surface area contributed by atoms with Crippen molar-refractivity contribution in [3.8, 4) is 5.75 Å². The second-order valence-electron chi connectivity index (χ2n) is 7.40. The van der Waals surface area contributed by atoms with Gasteiger partial charge in [-0.2, -0.15) is 0 Å². The molecule has 0 amide bonds. The number of carboxylic acid groups (broad SMARTS) is 1. The number of hydrogen-bond acceptors (Lipinski definition) is 6. The molecule has 0 aliphatic heterocycles. The number of ether oxygens (including phenoxy) is 2. The summed E-state index contributed by atoms with van der Waals surface area (Å²) >= 11 is 0. The summed E-state index contributed by atoms with van der Waals surface area (Å²) in [6.07, 6.45) is 3.38. The van der Waals surface area contributed by atoms with Crippen molar-refractivity contribution < 1.29 is 34.4 Å². The van der Waals surface area contributed by atoms with Crippen molar-refractivity contribution in [2.75, 3.05) is 19.8 Å². The first-order valence-corrected chi connectivity index (χ1v) is 9.39. The molecule has 2 aliphatic carbocycles. The van der Waals surface area contributed by atoms with E-state index in [1.165, 1.54) is 0 Å². The zero-order valence-electron chi connectivity index (χ0n) is 15.2. The average Bonchev–Trinajstić information content (AvgIpc) is 2.95. The summed E-state index contributed by atoms with van der Waals surface area (Å²) in [6, 6.07) is 5.73. The molecule has 148 valence electrons. The minimum Gasteiger partial charge on any atom is -0.482 e. The summed E-state index contributed by atoms with van der Waals surface area (Å²) in [5.74, 6) is -0.149. The summed E-state index contributed by atoms with van der Waals surface area (Å²) in [6.45, 7) is -0.716. The van der Waals surface area contributed by atoms with Crippen LogP contribution in [-0.4, -0.2) is 53.2 Å². The SMILES string of the molecule is O=C(O)COc1cccc2c1C[C@H]1C[C@@H](O)[C@H](CCCOC(=O)CO)[C@H]1C2. The van der Waals surface area contributed by atoms with Crippen LogP contribution >= 0.6 is 0 Å². The van der Waals surface area contributed by atoms with Crippen LogP contribution in [0.15, 0.2) is 18.2 Å². The Hall–Kier alpha value is -2.12. The van der Waals surface area contributed by atoms with Gasteiger partial charge in [-0.05, 0) is 67.1 Å². The highest BCUT2D eigenvalue weighted by atomic mass is 16.5. The molecule has 0 aromatic heterocycles. The number of rotatable bonds is 8. The van der Waals surface area contributed by atoms with Crippen LogP contribution in [0.3, 0.4) is 0 Å². The molecule has 7 nitrogen and oxygen atoms in total. The van der Waals surface area contributed by atoms with E-state index in [4.69, 9.17) is 19.7 Å². The van der Waals surface area contributed by atoms with E-state index in [2.05, 4.69) is 0 Å². The van der Waals surface area contributed by atoms with Crippen molar-refractivity contribution in [1.29, 1.82) is 0 Å². The van der Waals surface area contributed by atoms with Crippen LogP contribution in [0, 0.1) is 17.8 Å². The van der Waals surface area contributed by atoms with Crippen LogP contribution in [0.5, 0.6) is 5.75 Å². The topological polar surface area (TPSA) is 113 Å². The van der Waals surface area contributed by atoms with Gasteiger partial charge in [0.05, 0.1) is 12.7 Å². The molecule has 0 heterocycles. The highest BCUT2D eigenvalue weighted by Crippen LogP contribution is 2.48. The van der Waals surface area contributed by atoms with E-state index in [-0.39, 0.29) is 25.2 Å². The van der Waals surface area contributed by atoms with Gasteiger partial charge in [-0.25, -0.2) is 9.59 Å². The molecule has 0 spiro atoms. The van der Waals surface area contributed by atoms with E-state index in [9.17, 15) is 14.7 Å². The third-order valence-electron chi connectivity index (χ3n) is 5.77. The van der Waals surface area contributed by atoms with E-state index >= 15 is 0 Å². The third kappa shape index (κ3) is 4.59. The van der Waals surface area contributed by atoms with Gasteiger partial charge in [0, 0.05) is 0 Å². The average molecular weight is 378 g/mol. The maximum absolute atomic E-state index is 11.0. The van der Waals surface area contributed by atoms with Gasteiger partial charge in [0.1, 0.15) is 12.4 Å². The quantitative estimate of drug-likeness (QED) is 0.460. The van der Waals surface area contributed by atoms with Gasteiger partial charge >= 0.3 is 11.9 Å². The molecule has 2 aliphatic rings. The summed E-state index contributed by atoms with van der Waals surface area (Å²) in [5, 5.41) is 28.1.